The Hall–Kier alpha value is -8.20. The molecule has 2 aromatic heterocycles. The highest BCUT2D eigenvalue weighted by Crippen LogP contribution is 2.49. The lowest BCUT2D eigenvalue weighted by molar-refractivity contribution is -0.571. The third kappa shape index (κ3) is 6.61. The van der Waals surface area contributed by atoms with Crippen molar-refractivity contribution in [3.05, 3.63) is 224 Å². The Kier molecular flexibility index (Phi) is 9.55. The number of hydrogen-bond donors (Lipinski definition) is 0. The molecule has 5 heterocycles. The van der Waals surface area contributed by atoms with Crippen molar-refractivity contribution < 1.29 is 14.0 Å². The zero-order valence-corrected chi connectivity index (χ0v) is 40.8. The molecule has 3 aliphatic rings. The minimum atomic E-state index is -2.22. The number of para-hydroxylation sites is 2. The molecule has 0 saturated carbocycles. The number of hydrogen-bond acceptors (Lipinski definition) is 4. The first-order valence-electron chi connectivity index (χ1n) is 24.2. The van der Waals surface area contributed by atoms with Crippen LogP contribution in [0.4, 0.5) is 11.5 Å². The molecule has 6 nitrogen and oxygen atoms in total. The van der Waals surface area contributed by atoms with Crippen LogP contribution < -0.4 is 40.2 Å². The summed E-state index contributed by atoms with van der Waals surface area (Å²) in [5.74, 6) is 6.07. The molecule has 0 amide bonds. The minimum absolute atomic E-state index is 0.0945. The number of aromatic nitrogens is 3. The van der Waals surface area contributed by atoms with Gasteiger partial charge in [0.25, 0.3) is 6.33 Å². The van der Waals surface area contributed by atoms with Crippen molar-refractivity contribution in [3.63, 3.8) is 0 Å². The van der Waals surface area contributed by atoms with Gasteiger partial charge < -0.3 is 9.47 Å². The van der Waals surface area contributed by atoms with E-state index in [2.05, 4.69) is 254 Å². The van der Waals surface area contributed by atoms with Gasteiger partial charge in [0, 0.05) is 23.5 Å². The zero-order chi connectivity index (χ0) is 47.3. The molecule has 3 aliphatic heterocycles. The third-order valence-electron chi connectivity index (χ3n) is 14.5. The summed E-state index contributed by atoms with van der Waals surface area (Å²) in [6.07, 6.45) is 5.85. The summed E-state index contributed by atoms with van der Waals surface area (Å²) in [7, 11) is -2.22. The summed E-state index contributed by atoms with van der Waals surface area (Å²) < 4.78 is 18.5. The second kappa shape index (κ2) is 15.9. The second-order valence-electron chi connectivity index (χ2n) is 20.1. The van der Waals surface area contributed by atoms with Crippen LogP contribution in [0.3, 0.4) is 0 Å². The van der Waals surface area contributed by atoms with Gasteiger partial charge in [-0.2, -0.15) is 0 Å². The maximum absolute atomic E-state index is 7.03. The molecule has 0 aliphatic carbocycles. The smallest absolute Gasteiger partial charge is 0.269 e. The molecule has 10 aromatic rings. The molecule has 0 atom stereocenters. The van der Waals surface area contributed by atoms with Gasteiger partial charge in [0.15, 0.2) is 17.5 Å². The number of anilines is 2. The number of pyridine rings is 1. The number of fused-ring (bicyclic) bond motifs is 7. The molecule has 0 fully saturated rings. The van der Waals surface area contributed by atoms with Crippen LogP contribution in [0.5, 0.6) is 17.2 Å². The van der Waals surface area contributed by atoms with Gasteiger partial charge >= 0.3 is 0 Å². The molecule has 0 saturated heterocycles. The Morgan fingerprint density at radius 2 is 1.20 bits per heavy atom. The summed E-state index contributed by atoms with van der Waals surface area (Å²) in [6, 6.07) is 69.4. The molecule has 0 unspecified atom stereocenters. The van der Waals surface area contributed by atoms with Gasteiger partial charge in [-0.05, 0) is 84.9 Å². The first-order valence-corrected chi connectivity index (χ1v) is 27.2. The van der Waals surface area contributed by atoms with Crippen LogP contribution in [-0.4, -0.2) is 24.3 Å². The largest absolute Gasteiger partial charge is 0.458 e. The topological polar surface area (TPSA) is 43.4 Å². The molecule has 0 bridgehead atoms. The standard InChI is InChI=1S/C62H49BN4O2Si/c1-62(2,3)49-35-36-64-61-60(49)69-57-39-63(50-28-16-15-25-46(50)41-19-9-6-10-20-41)51-33-31-44(37-53(51)67(57)61)68-45-32-34-55-54(38-45)66-40-65(52-29-18-30-56(59(52)66)70(55,4)5)58-47(42-21-11-7-12-22-42)26-17-27-48(58)43-23-13-8-14-24-43/h6-39H,1-5H3. The van der Waals surface area contributed by atoms with E-state index < -0.39 is 8.07 Å². The lowest BCUT2D eigenvalue weighted by Gasteiger charge is -2.32. The molecule has 336 valence electrons. The van der Waals surface area contributed by atoms with E-state index in [1.165, 1.54) is 32.5 Å². The molecule has 0 N–H and O–H groups in total. The highest BCUT2D eigenvalue weighted by atomic mass is 28.3. The SMILES string of the molecule is CC(C)(C)c1ccnc2c1OC1=CB(c3ccccc3-c3ccccc3)c3ccc(Oc4ccc5c(c4)-n4[c-][n+](-c6c(-c7ccccc7)cccc6-c6ccccc6)c6cccc(c64)[Si]5(C)C)cc3N12. The van der Waals surface area contributed by atoms with Gasteiger partial charge in [0.05, 0.1) is 22.4 Å². The summed E-state index contributed by atoms with van der Waals surface area (Å²) in [6.45, 7) is 11.5. The van der Waals surface area contributed by atoms with Crippen molar-refractivity contribution in [3.8, 4) is 62.0 Å². The number of ether oxygens (including phenoxy) is 2. The van der Waals surface area contributed by atoms with Crippen molar-refractivity contribution in [2.24, 2.45) is 0 Å². The van der Waals surface area contributed by atoms with Crippen LogP contribution in [0.2, 0.25) is 13.1 Å². The van der Waals surface area contributed by atoms with Gasteiger partial charge in [-0.15, -0.1) is 0 Å². The lowest BCUT2D eigenvalue weighted by Crippen LogP contribution is -2.57. The van der Waals surface area contributed by atoms with E-state index in [-0.39, 0.29) is 12.1 Å². The average Bonchev–Trinajstić information content (AvgIpc) is 3.97. The number of nitrogens with zero attached hydrogens (tertiary/aromatic N) is 4. The van der Waals surface area contributed by atoms with Crippen LogP contribution in [0, 0.1) is 6.33 Å². The highest BCUT2D eigenvalue weighted by molar-refractivity contribution is 7.02. The molecule has 0 spiro atoms. The van der Waals surface area contributed by atoms with Gasteiger partial charge in [0.1, 0.15) is 19.6 Å². The van der Waals surface area contributed by atoms with Gasteiger partial charge in [0.2, 0.25) is 6.71 Å². The van der Waals surface area contributed by atoms with E-state index in [0.717, 1.165) is 84.8 Å². The highest BCUT2D eigenvalue weighted by Gasteiger charge is 2.42. The van der Waals surface area contributed by atoms with Crippen molar-refractivity contribution in [1.29, 1.82) is 0 Å². The van der Waals surface area contributed by atoms with E-state index in [0.29, 0.717) is 0 Å². The monoisotopic (exact) mass is 920 g/mol. The summed E-state index contributed by atoms with van der Waals surface area (Å²) in [5.41, 5.74) is 15.8. The predicted molar refractivity (Wildman–Crippen MR) is 288 cm³/mol. The molecule has 13 rings (SSSR count). The molecule has 70 heavy (non-hydrogen) atoms. The van der Waals surface area contributed by atoms with E-state index in [1.807, 2.05) is 6.20 Å². The van der Waals surface area contributed by atoms with E-state index >= 15 is 0 Å². The Morgan fingerprint density at radius 1 is 0.600 bits per heavy atom. The van der Waals surface area contributed by atoms with Gasteiger partial charge in [-0.1, -0.05) is 203 Å². The average molecular weight is 921 g/mol. The third-order valence-corrected chi connectivity index (χ3v) is 18.0. The number of imidazole rings is 1. The quantitative estimate of drug-likeness (QED) is 0.0908. The molecular weight excluding hydrogens is 872 g/mol. The van der Waals surface area contributed by atoms with E-state index in [1.54, 1.807) is 0 Å². The van der Waals surface area contributed by atoms with Gasteiger partial charge in [-0.3, -0.25) is 14.0 Å². The Morgan fingerprint density at radius 3 is 1.89 bits per heavy atom. The fourth-order valence-corrected chi connectivity index (χ4v) is 14.1. The van der Waals surface area contributed by atoms with Gasteiger partial charge in [-0.25, -0.2) is 4.98 Å². The van der Waals surface area contributed by atoms with Crippen molar-refractivity contribution in [2.75, 3.05) is 4.90 Å². The first kappa shape index (κ1) is 41.9. The molecule has 8 heteroatoms. The van der Waals surface area contributed by atoms with Crippen LogP contribution in [-0.2, 0) is 5.41 Å². The Labute approximate surface area is 410 Å². The van der Waals surface area contributed by atoms with Crippen molar-refractivity contribution in [1.82, 2.24) is 9.55 Å². The fraction of sp³-hybridized carbons (Fsp3) is 0.0968. The second-order valence-corrected chi connectivity index (χ2v) is 24.5. The summed E-state index contributed by atoms with van der Waals surface area (Å²) >= 11 is 0. The normalized spacial score (nSPS) is 14.0. The van der Waals surface area contributed by atoms with E-state index in [9.17, 15) is 0 Å². The molecular formula is C62H49BN4O2Si. The van der Waals surface area contributed by atoms with Crippen molar-refractivity contribution >= 4 is 58.6 Å². The summed E-state index contributed by atoms with van der Waals surface area (Å²) in [5, 5.41) is 2.73. The van der Waals surface area contributed by atoms with Crippen LogP contribution in [0.15, 0.2) is 212 Å². The maximum atomic E-state index is 7.03. The summed E-state index contributed by atoms with van der Waals surface area (Å²) in [4.78, 5) is 7.15. The number of benzene rings is 8. The maximum Gasteiger partial charge on any atom is 0.269 e. The lowest BCUT2D eigenvalue weighted by atomic mass is 9.38. The van der Waals surface area contributed by atoms with E-state index in [4.69, 9.17) is 14.5 Å². The van der Waals surface area contributed by atoms with Crippen LogP contribution >= 0.6 is 0 Å². The zero-order valence-electron chi connectivity index (χ0n) is 39.8. The van der Waals surface area contributed by atoms with Crippen LogP contribution in [0.25, 0.3) is 55.8 Å². The Bertz CT molecular complexity index is 3690. The van der Waals surface area contributed by atoms with Crippen LogP contribution in [0.1, 0.15) is 26.3 Å². The first-order chi connectivity index (χ1) is 34.1. The Balaban J connectivity index is 0.953. The van der Waals surface area contributed by atoms with Crippen molar-refractivity contribution in [2.45, 2.75) is 39.3 Å². The predicted octanol–water partition coefficient (Wildman–Crippen LogP) is 11.9. The minimum Gasteiger partial charge on any atom is -0.458 e. The number of rotatable bonds is 7. The molecule has 8 aromatic carbocycles. The fourth-order valence-electron chi connectivity index (χ4n) is 11.1. The molecule has 0 radical (unpaired) electrons.